The van der Waals surface area contributed by atoms with Crippen molar-refractivity contribution in [3.8, 4) is 0 Å². The molecule has 0 aliphatic heterocycles. The zero-order chi connectivity index (χ0) is 14.5. The number of nitrogens with two attached hydrogens (primary N) is 1. The zero-order valence-electron chi connectivity index (χ0n) is 10.7. The summed E-state index contributed by atoms with van der Waals surface area (Å²) in [6.07, 6.45) is 0. The number of amides is 1. The van der Waals surface area contributed by atoms with E-state index >= 15 is 0 Å². The summed E-state index contributed by atoms with van der Waals surface area (Å²) >= 11 is 0. The minimum atomic E-state index is -1.05. The summed E-state index contributed by atoms with van der Waals surface area (Å²) in [5.74, 6) is -1.65. The first-order chi connectivity index (χ1) is 9.58. The Morgan fingerprint density at radius 2 is 1.80 bits per heavy atom. The molecule has 0 saturated heterocycles. The smallest absolute Gasteiger partial charge is 0.335 e. The molecule has 0 fully saturated rings. The topological polar surface area (TPSA) is 92.4 Å². The second kappa shape index (κ2) is 5.88. The van der Waals surface area contributed by atoms with E-state index in [-0.39, 0.29) is 11.1 Å². The summed E-state index contributed by atoms with van der Waals surface area (Å²) in [5.41, 5.74) is 7.09. The van der Waals surface area contributed by atoms with Crippen molar-refractivity contribution >= 4 is 17.6 Å². The number of benzene rings is 2. The summed E-state index contributed by atoms with van der Waals surface area (Å²) in [6, 6.07) is 13.7. The van der Waals surface area contributed by atoms with Gasteiger partial charge in [-0.1, -0.05) is 30.3 Å². The van der Waals surface area contributed by atoms with Gasteiger partial charge in [-0.05, 0) is 23.8 Å². The molecule has 0 aliphatic carbocycles. The second-order valence-corrected chi connectivity index (χ2v) is 4.27. The van der Waals surface area contributed by atoms with E-state index in [1.165, 1.54) is 18.2 Å². The predicted molar refractivity (Wildman–Crippen MR) is 75.7 cm³/mol. The molecule has 2 rings (SSSR count). The van der Waals surface area contributed by atoms with Crippen molar-refractivity contribution in [2.45, 2.75) is 6.54 Å². The molecule has 20 heavy (non-hydrogen) atoms. The molecule has 0 aliphatic rings. The van der Waals surface area contributed by atoms with Crippen LogP contribution in [0.3, 0.4) is 0 Å². The highest BCUT2D eigenvalue weighted by molar-refractivity contribution is 6.00. The molecular formula is C15H14N2O3. The van der Waals surface area contributed by atoms with Crippen LogP contribution in [0.5, 0.6) is 0 Å². The Bertz CT molecular complexity index is 639. The lowest BCUT2D eigenvalue weighted by atomic mass is 10.1. The first-order valence-electron chi connectivity index (χ1n) is 6.03. The zero-order valence-corrected chi connectivity index (χ0v) is 10.7. The third kappa shape index (κ3) is 3.14. The van der Waals surface area contributed by atoms with Crippen molar-refractivity contribution in [2.24, 2.45) is 5.73 Å². The summed E-state index contributed by atoms with van der Waals surface area (Å²) in [7, 11) is 0. The number of aromatic carboxylic acids is 1. The van der Waals surface area contributed by atoms with Crippen LogP contribution in [0.4, 0.5) is 5.69 Å². The Morgan fingerprint density at radius 3 is 2.40 bits per heavy atom. The number of carbonyl (C=O) groups excluding carboxylic acids is 1. The van der Waals surface area contributed by atoms with Crippen molar-refractivity contribution in [3.05, 3.63) is 65.2 Å². The van der Waals surface area contributed by atoms with E-state index < -0.39 is 11.9 Å². The van der Waals surface area contributed by atoms with Crippen molar-refractivity contribution < 1.29 is 14.7 Å². The standard InChI is InChI=1S/C15H14N2O3/c16-14(18)12-7-6-11(15(19)20)8-13(12)17-9-10-4-2-1-3-5-10/h1-8,17H,9H2,(H2,16,18)(H,19,20). The number of hydrogen-bond acceptors (Lipinski definition) is 3. The molecule has 0 heterocycles. The average Bonchev–Trinajstić information content (AvgIpc) is 2.45. The molecule has 0 bridgehead atoms. The molecular weight excluding hydrogens is 256 g/mol. The monoisotopic (exact) mass is 270 g/mol. The Morgan fingerprint density at radius 1 is 1.10 bits per heavy atom. The van der Waals surface area contributed by atoms with Crippen LogP contribution in [-0.2, 0) is 6.54 Å². The first-order valence-corrected chi connectivity index (χ1v) is 6.03. The molecule has 0 saturated carbocycles. The molecule has 2 aromatic rings. The molecule has 0 unspecified atom stereocenters. The number of carbonyl (C=O) groups is 2. The van der Waals surface area contributed by atoms with Crippen LogP contribution in [-0.4, -0.2) is 17.0 Å². The SMILES string of the molecule is NC(=O)c1ccc(C(=O)O)cc1NCc1ccccc1. The first kappa shape index (κ1) is 13.6. The molecule has 5 nitrogen and oxygen atoms in total. The third-order valence-electron chi connectivity index (χ3n) is 2.86. The van der Waals surface area contributed by atoms with Crippen molar-refractivity contribution in [2.75, 3.05) is 5.32 Å². The maximum atomic E-state index is 11.3. The number of nitrogens with one attached hydrogen (secondary N) is 1. The highest BCUT2D eigenvalue weighted by Gasteiger charge is 2.11. The van der Waals surface area contributed by atoms with E-state index in [4.69, 9.17) is 10.8 Å². The predicted octanol–water partition coefficient (Wildman–Crippen LogP) is 2.10. The van der Waals surface area contributed by atoms with Gasteiger partial charge in [-0.15, -0.1) is 0 Å². The van der Waals surface area contributed by atoms with Crippen LogP contribution < -0.4 is 11.1 Å². The minimum absolute atomic E-state index is 0.102. The lowest BCUT2D eigenvalue weighted by Crippen LogP contribution is -2.15. The van der Waals surface area contributed by atoms with E-state index in [1.807, 2.05) is 30.3 Å². The Hall–Kier alpha value is -2.82. The van der Waals surface area contributed by atoms with Crippen LogP contribution >= 0.6 is 0 Å². The van der Waals surface area contributed by atoms with Gasteiger partial charge in [0.25, 0.3) is 5.91 Å². The van der Waals surface area contributed by atoms with Crippen molar-refractivity contribution in [1.29, 1.82) is 0 Å². The van der Waals surface area contributed by atoms with E-state index in [1.54, 1.807) is 0 Å². The fraction of sp³-hybridized carbons (Fsp3) is 0.0667. The molecule has 0 spiro atoms. The molecule has 1 amide bonds. The van der Waals surface area contributed by atoms with Gasteiger partial charge in [0.1, 0.15) is 0 Å². The van der Waals surface area contributed by atoms with Crippen molar-refractivity contribution in [3.63, 3.8) is 0 Å². The maximum absolute atomic E-state index is 11.3. The van der Waals surface area contributed by atoms with Gasteiger partial charge in [0, 0.05) is 12.2 Å². The van der Waals surface area contributed by atoms with Crippen LogP contribution in [0, 0.1) is 0 Å². The van der Waals surface area contributed by atoms with Gasteiger partial charge in [-0.25, -0.2) is 4.79 Å². The number of primary amides is 1. The number of anilines is 1. The van der Waals surface area contributed by atoms with Gasteiger partial charge >= 0.3 is 5.97 Å². The van der Waals surface area contributed by atoms with Gasteiger partial charge < -0.3 is 16.2 Å². The lowest BCUT2D eigenvalue weighted by molar-refractivity contribution is 0.0696. The van der Waals surface area contributed by atoms with Gasteiger partial charge in [-0.2, -0.15) is 0 Å². The van der Waals surface area contributed by atoms with Crippen LogP contribution in [0.2, 0.25) is 0 Å². The van der Waals surface area contributed by atoms with E-state index in [2.05, 4.69) is 5.32 Å². The second-order valence-electron chi connectivity index (χ2n) is 4.27. The van der Waals surface area contributed by atoms with E-state index in [0.717, 1.165) is 5.56 Å². The Balaban J connectivity index is 2.26. The van der Waals surface area contributed by atoms with E-state index in [9.17, 15) is 9.59 Å². The number of carboxylic acid groups (broad SMARTS) is 1. The maximum Gasteiger partial charge on any atom is 0.335 e. The molecule has 102 valence electrons. The van der Waals surface area contributed by atoms with Crippen molar-refractivity contribution in [1.82, 2.24) is 0 Å². The van der Waals surface area contributed by atoms with Gasteiger partial charge in [0.15, 0.2) is 0 Å². The Kier molecular flexibility index (Phi) is 4.00. The average molecular weight is 270 g/mol. The molecule has 0 atom stereocenters. The lowest BCUT2D eigenvalue weighted by Gasteiger charge is -2.11. The summed E-state index contributed by atoms with van der Waals surface area (Å²) in [6.45, 7) is 0.476. The van der Waals surface area contributed by atoms with E-state index in [0.29, 0.717) is 12.2 Å². The molecule has 2 aromatic carbocycles. The van der Waals surface area contributed by atoms with Crippen LogP contribution in [0.25, 0.3) is 0 Å². The number of rotatable bonds is 5. The third-order valence-corrected chi connectivity index (χ3v) is 2.86. The highest BCUT2D eigenvalue weighted by atomic mass is 16.4. The quantitative estimate of drug-likeness (QED) is 0.775. The normalized spacial score (nSPS) is 10.0. The van der Waals surface area contributed by atoms with Crippen LogP contribution in [0.1, 0.15) is 26.3 Å². The number of carboxylic acids is 1. The fourth-order valence-corrected chi connectivity index (χ4v) is 1.83. The fourth-order valence-electron chi connectivity index (χ4n) is 1.83. The largest absolute Gasteiger partial charge is 0.478 e. The summed E-state index contributed by atoms with van der Waals surface area (Å²) in [4.78, 5) is 22.3. The highest BCUT2D eigenvalue weighted by Crippen LogP contribution is 2.18. The Labute approximate surface area is 116 Å². The summed E-state index contributed by atoms with van der Waals surface area (Å²) < 4.78 is 0. The molecule has 4 N–H and O–H groups in total. The molecule has 0 aromatic heterocycles. The molecule has 0 radical (unpaired) electrons. The van der Waals surface area contributed by atoms with Gasteiger partial charge in [0.05, 0.1) is 11.1 Å². The number of hydrogen-bond donors (Lipinski definition) is 3. The van der Waals surface area contributed by atoms with Crippen LogP contribution in [0.15, 0.2) is 48.5 Å². The summed E-state index contributed by atoms with van der Waals surface area (Å²) in [5, 5.41) is 12.0. The van der Waals surface area contributed by atoms with Gasteiger partial charge in [-0.3, -0.25) is 4.79 Å². The van der Waals surface area contributed by atoms with Gasteiger partial charge in [0.2, 0.25) is 0 Å². The molecule has 5 heteroatoms. The minimum Gasteiger partial charge on any atom is -0.478 e.